The Bertz CT molecular complexity index is 584. The van der Waals surface area contributed by atoms with E-state index in [2.05, 4.69) is 15.9 Å². The molecule has 2 rings (SSSR count). The average Bonchev–Trinajstić information content (AvgIpc) is 2.39. The molecule has 4 heteroatoms. The summed E-state index contributed by atoms with van der Waals surface area (Å²) in [7, 11) is 0. The monoisotopic (exact) mass is 319 g/mol. The quantitative estimate of drug-likeness (QED) is 0.470. The molecule has 0 fully saturated rings. The molecular formula is C15H14BrNO2. The Morgan fingerprint density at radius 2 is 1.89 bits per heavy atom. The summed E-state index contributed by atoms with van der Waals surface area (Å²) in [5.41, 5.74) is 3.10. The lowest BCUT2D eigenvalue weighted by Gasteiger charge is -2.11. The van der Waals surface area contributed by atoms with Crippen molar-refractivity contribution in [2.45, 2.75) is 18.2 Å². The number of alkyl halides is 1. The van der Waals surface area contributed by atoms with Crippen LogP contribution in [0.15, 0.2) is 48.5 Å². The van der Waals surface area contributed by atoms with Crippen molar-refractivity contribution >= 4 is 21.6 Å². The first-order chi connectivity index (χ1) is 9.08. The summed E-state index contributed by atoms with van der Waals surface area (Å²) in [6.45, 7) is 1.94. The minimum absolute atomic E-state index is 0.0780. The molecule has 1 atom stereocenters. The molecule has 0 heterocycles. The third-order valence-electron chi connectivity index (χ3n) is 2.99. The number of benzene rings is 2. The minimum Gasteiger partial charge on any atom is -0.258 e. The standard InChI is InChI=1S/C15H14BrNO2/c1-11-7-8-15(17(18)19)13(9-11)10-14(16)12-5-3-2-4-6-12/h2-9,14H,10H2,1H3. The van der Waals surface area contributed by atoms with Gasteiger partial charge in [-0.1, -0.05) is 57.9 Å². The highest BCUT2D eigenvalue weighted by Gasteiger charge is 2.17. The number of hydrogen-bond donors (Lipinski definition) is 0. The van der Waals surface area contributed by atoms with E-state index in [0.29, 0.717) is 6.42 Å². The molecule has 0 bridgehead atoms. The van der Waals surface area contributed by atoms with Crippen LogP contribution in [0.25, 0.3) is 0 Å². The third-order valence-corrected chi connectivity index (χ3v) is 3.84. The van der Waals surface area contributed by atoms with Gasteiger partial charge in [0.25, 0.3) is 5.69 Å². The molecule has 0 N–H and O–H groups in total. The van der Waals surface area contributed by atoms with E-state index in [9.17, 15) is 10.1 Å². The van der Waals surface area contributed by atoms with Crippen molar-refractivity contribution in [2.75, 3.05) is 0 Å². The van der Waals surface area contributed by atoms with Crippen molar-refractivity contribution in [3.63, 3.8) is 0 Å². The number of nitro benzene ring substituents is 1. The number of hydrogen-bond acceptors (Lipinski definition) is 2. The lowest BCUT2D eigenvalue weighted by atomic mass is 10.0. The Balaban J connectivity index is 2.28. The van der Waals surface area contributed by atoms with Crippen LogP contribution in [0.3, 0.4) is 0 Å². The minimum atomic E-state index is -0.320. The van der Waals surface area contributed by atoms with Gasteiger partial charge in [0.1, 0.15) is 0 Å². The first-order valence-electron chi connectivity index (χ1n) is 6.01. The number of nitrogens with zero attached hydrogens (tertiary/aromatic N) is 1. The smallest absolute Gasteiger partial charge is 0.258 e. The van der Waals surface area contributed by atoms with Crippen LogP contribution < -0.4 is 0 Å². The number of halogens is 1. The van der Waals surface area contributed by atoms with Crippen LogP contribution in [-0.2, 0) is 6.42 Å². The zero-order chi connectivity index (χ0) is 13.8. The number of rotatable bonds is 4. The van der Waals surface area contributed by atoms with E-state index in [0.717, 1.165) is 16.7 Å². The van der Waals surface area contributed by atoms with Crippen LogP contribution in [0.2, 0.25) is 0 Å². The highest BCUT2D eigenvalue weighted by Crippen LogP contribution is 2.31. The molecule has 0 aliphatic heterocycles. The van der Waals surface area contributed by atoms with E-state index in [1.54, 1.807) is 12.1 Å². The molecule has 0 aromatic heterocycles. The first-order valence-corrected chi connectivity index (χ1v) is 6.92. The van der Waals surface area contributed by atoms with Crippen molar-refractivity contribution in [1.29, 1.82) is 0 Å². The number of aryl methyl sites for hydroxylation is 1. The third kappa shape index (κ3) is 3.41. The van der Waals surface area contributed by atoms with Gasteiger partial charge in [0, 0.05) is 16.5 Å². The van der Waals surface area contributed by atoms with E-state index in [-0.39, 0.29) is 15.4 Å². The van der Waals surface area contributed by atoms with Gasteiger partial charge in [0.2, 0.25) is 0 Å². The van der Waals surface area contributed by atoms with Gasteiger partial charge in [-0.3, -0.25) is 10.1 Å². The van der Waals surface area contributed by atoms with E-state index in [1.165, 1.54) is 0 Å². The average molecular weight is 320 g/mol. The molecule has 0 spiro atoms. The predicted octanol–water partition coefficient (Wildman–Crippen LogP) is 4.58. The Morgan fingerprint density at radius 1 is 1.21 bits per heavy atom. The van der Waals surface area contributed by atoms with Crippen LogP contribution in [0, 0.1) is 17.0 Å². The molecule has 0 aliphatic carbocycles. The van der Waals surface area contributed by atoms with Crippen molar-refractivity contribution in [2.24, 2.45) is 0 Å². The Morgan fingerprint density at radius 3 is 2.53 bits per heavy atom. The van der Waals surface area contributed by atoms with Gasteiger partial charge in [-0.15, -0.1) is 0 Å². The van der Waals surface area contributed by atoms with Crippen molar-refractivity contribution < 1.29 is 4.92 Å². The van der Waals surface area contributed by atoms with Gasteiger partial charge in [0.05, 0.1) is 4.92 Å². The van der Waals surface area contributed by atoms with Crippen LogP contribution in [0.4, 0.5) is 5.69 Å². The summed E-state index contributed by atoms with van der Waals surface area (Å²) in [5.74, 6) is 0. The number of nitro groups is 1. The second-order valence-corrected chi connectivity index (χ2v) is 5.58. The summed E-state index contributed by atoms with van der Waals surface area (Å²) in [4.78, 5) is 10.8. The van der Waals surface area contributed by atoms with Crippen molar-refractivity contribution in [1.82, 2.24) is 0 Å². The Hall–Kier alpha value is -1.68. The molecule has 0 amide bonds. The van der Waals surface area contributed by atoms with E-state index in [4.69, 9.17) is 0 Å². The molecular weight excluding hydrogens is 306 g/mol. The van der Waals surface area contributed by atoms with E-state index < -0.39 is 0 Å². The fourth-order valence-electron chi connectivity index (χ4n) is 2.03. The zero-order valence-electron chi connectivity index (χ0n) is 10.5. The van der Waals surface area contributed by atoms with E-state index >= 15 is 0 Å². The van der Waals surface area contributed by atoms with Gasteiger partial charge in [-0.25, -0.2) is 0 Å². The van der Waals surface area contributed by atoms with Gasteiger partial charge in [-0.05, 0) is 25.0 Å². The molecule has 1 unspecified atom stereocenters. The van der Waals surface area contributed by atoms with Gasteiger partial charge in [-0.2, -0.15) is 0 Å². The zero-order valence-corrected chi connectivity index (χ0v) is 12.1. The van der Waals surface area contributed by atoms with Crippen molar-refractivity contribution in [3.8, 4) is 0 Å². The van der Waals surface area contributed by atoms with Crippen LogP contribution in [-0.4, -0.2) is 4.92 Å². The second kappa shape index (κ2) is 5.97. The molecule has 3 nitrogen and oxygen atoms in total. The van der Waals surface area contributed by atoms with Crippen LogP contribution >= 0.6 is 15.9 Å². The maximum absolute atomic E-state index is 11.0. The molecule has 2 aromatic carbocycles. The maximum Gasteiger partial charge on any atom is 0.272 e. The van der Waals surface area contributed by atoms with Crippen LogP contribution in [0.5, 0.6) is 0 Å². The first kappa shape index (κ1) is 13.7. The highest BCUT2D eigenvalue weighted by molar-refractivity contribution is 9.09. The fourth-order valence-corrected chi connectivity index (χ4v) is 2.68. The second-order valence-electron chi connectivity index (χ2n) is 4.47. The topological polar surface area (TPSA) is 43.1 Å². The predicted molar refractivity (Wildman–Crippen MR) is 79.6 cm³/mol. The molecule has 0 saturated heterocycles. The SMILES string of the molecule is Cc1ccc([N+](=O)[O-])c(CC(Br)c2ccccc2)c1. The summed E-state index contributed by atoms with van der Waals surface area (Å²) in [5, 5.41) is 11.0. The molecule has 0 saturated carbocycles. The van der Waals surface area contributed by atoms with E-state index in [1.807, 2.05) is 43.3 Å². The summed E-state index contributed by atoms with van der Waals surface area (Å²) in [6, 6.07) is 15.2. The molecule has 0 aliphatic rings. The summed E-state index contributed by atoms with van der Waals surface area (Å²) in [6.07, 6.45) is 0.599. The van der Waals surface area contributed by atoms with Gasteiger partial charge in [0.15, 0.2) is 0 Å². The summed E-state index contributed by atoms with van der Waals surface area (Å²) < 4.78 is 0. The molecule has 2 aromatic rings. The molecule has 19 heavy (non-hydrogen) atoms. The lowest BCUT2D eigenvalue weighted by Crippen LogP contribution is -2.00. The van der Waals surface area contributed by atoms with Gasteiger partial charge >= 0.3 is 0 Å². The molecule has 0 radical (unpaired) electrons. The largest absolute Gasteiger partial charge is 0.272 e. The lowest BCUT2D eigenvalue weighted by molar-refractivity contribution is -0.385. The van der Waals surface area contributed by atoms with Gasteiger partial charge < -0.3 is 0 Å². The summed E-state index contributed by atoms with van der Waals surface area (Å²) >= 11 is 3.61. The van der Waals surface area contributed by atoms with Crippen molar-refractivity contribution in [3.05, 3.63) is 75.3 Å². The Kier molecular flexibility index (Phi) is 4.32. The Labute approximate surface area is 120 Å². The molecule has 98 valence electrons. The normalized spacial score (nSPS) is 12.1. The highest BCUT2D eigenvalue weighted by atomic mass is 79.9. The van der Waals surface area contributed by atoms with Crippen LogP contribution in [0.1, 0.15) is 21.5 Å². The fraction of sp³-hybridized carbons (Fsp3) is 0.200. The maximum atomic E-state index is 11.0.